The van der Waals surface area contributed by atoms with E-state index in [0.29, 0.717) is 41.1 Å². The van der Waals surface area contributed by atoms with Crippen molar-refractivity contribution in [1.29, 1.82) is 0 Å². The maximum atomic E-state index is 12.6. The molecule has 0 aromatic heterocycles. The van der Waals surface area contributed by atoms with Crippen molar-refractivity contribution in [2.75, 3.05) is 13.2 Å². The molecule has 0 fully saturated rings. The molecule has 1 unspecified atom stereocenters. The second kappa shape index (κ2) is 8.89. The minimum atomic E-state index is -0.426. The van der Waals surface area contributed by atoms with Gasteiger partial charge in [-0.1, -0.05) is 6.07 Å². The quantitative estimate of drug-likeness (QED) is 0.558. The number of carbonyl (C=O) groups excluding carboxylic acids is 1. The highest BCUT2D eigenvalue weighted by atomic mass is 32.1. The van der Waals surface area contributed by atoms with E-state index >= 15 is 0 Å². The van der Waals surface area contributed by atoms with E-state index in [1.807, 2.05) is 52.8 Å². The smallest absolute Gasteiger partial charge is 0.338 e. The summed E-state index contributed by atoms with van der Waals surface area (Å²) >= 11 is 5.27. The second-order valence-electron chi connectivity index (χ2n) is 6.10. The standard InChI is InChI=1S/C19H26N2O4S/c1-6-23-14-9-8-13(10-15(14)24-7-2)17-16(18(22)25-11(3)4)12(5)20-19(26)21-17/h8-11,17H,6-7H2,1-5H3,(H2,20,21,26). The number of hydrogen-bond donors (Lipinski definition) is 2. The molecule has 6 nitrogen and oxygen atoms in total. The third-order valence-electron chi connectivity index (χ3n) is 3.73. The molecule has 0 saturated heterocycles. The van der Waals surface area contributed by atoms with E-state index in [4.69, 9.17) is 26.4 Å². The third-order valence-corrected chi connectivity index (χ3v) is 3.95. The maximum Gasteiger partial charge on any atom is 0.338 e. The molecule has 1 heterocycles. The fraction of sp³-hybridized carbons (Fsp3) is 0.474. The number of allylic oxidation sites excluding steroid dienone is 1. The molecule has 1 aliphatic heterocycles. The van der Waals surface area contributed by atoms with E-state index in [9.17, 15) is 4.79 Å². The summed E-state index contributed by atoms with van der Waals surface area (Å²) in [6, 6.07) is 5.19. The highest BCUT2D eigenvalue weighted by Crippen LogP contribution is 2.35. The summed E-state index contributed by atoms with van der Waals surface area (Å²) in [6.45, 7) is 10.3. The molecule has 0 amide bonds. The molecule has 1 aromatic rings. The summed E-state index contributed by atoms with van der Waals surface area (Å²) in [5, 5.41) is 6.61. The van der Waals surface area contributed by atoms with Crippen LogP contribution in [0.4, 0.5) is 0 Å². The predicted octanol–water partition coefficient (Wildman–Crippen LogP) is 3.23. The van der Waals surface area contributed by atoms with Crippen molar-refractivity contribution in [2.24, 2.45) is 0 Å². The maximum absolute atomic E-state index is 12.6. The third kappa shape index (κ3) is 4.66. The first kappa shape index (κ1) is 20.0. The van der Waals surface area contributed by atoms with Crippen LogP contribution < -0.4 is 20.1 Å². The number of esters is 1. The first-order valence-corrected chi connectivity index (χ1v) is 9.16. The molecule has 26 heavy (non-hydrogen) atoms. The largest absolute Gasteiger partial charge is 0.490 e. The van der Waals surface area contributed by atoms with E-state index in [1.54, 1.807) is 0 Å². The number of rotatable bonds is 7. The fourth-order valence-corrected chi connectivity index (χ4v) is 3.01. The van der Waals surface area contributed by atoms with Gasteiger partial charge in [-0.3, -0.25) is 0 Å². The molecule has 0 radical (unpaired) electrons. The Morgan fingerprint density at radius 2 is 1.85 bits per heavy atom. The molecule has 142 valence electrons. The lowest BCUT2D eigenvalue weighted by Crippen LogP contribution is -2.45. The molecule has 7 heteroatoms. The minimum Gasteiger partial charge on any atom is -0.490 e. The molecule has 2 N–H and O–H groups in total. The van der Waals surface area contributed by atoms with Crippen LogP contribution in [-0.4, -0.2) is 30.4 Å². The van der Waals surface area contributed by atoms with Crippen LogP contribution in [0.3, 0.4) is 0 Å². The van der Waals surface area contributed by atoms with Gasteiger partial charge in [0.05, 0.1) is 30.9 Å². The van der Waals surface area contributed by atoms with Crippen LogP contribution in [-0.2, 0) is 9.53 Å². The molecule has 1 aromatic carbocycles. The van der Waals surface area contributed by atoms with Crippen LogP contribution in [0, 0.1) is 0 Å². The Balaban J connectivity index is 2.45. The molecular formula is C19H26N2O4S. The van der Waals surface area contributed by atoms with Crippen LogP contribution in [0.25, 0.3) is 0 Å². The Morgan fingerprint density at radius 1 is 1.19 bits per heavy atom. The van der Waals surface area contributed by atoms with Gasteiger partial charge in [0.15, 0.2) is 16.6 Å². The Morgan fingerprint density at radius 3 is 2.46 bits per heavy atom. The molecule has 0 saturated carbocycles. The average molecular weight is 378 g/mol. The highest BCUT2D eigenvalue weighted by Gasteiger charge is 2.32. The summed E-state index contributed by atoms with van der Waals surface area (Å²) in [6.07, 6.45) is -0.211. The van der Waals surface area contributed by atoms with Crippen LogP contribution in [0.1, 0.15) is 46.2 Å². The number of ether oxygens (including phenoxy) is 3. The summed E-state index contributed by atoms with van der Waals surface area (Å²) in [5.74, 6) is 0.922. The van der Waals surface area contributed by atoms with Gasteiger partial charge in [-0.15, -0.1) is 0 Å². The van der Waals surface area contributed by atoms with Gasteiger partial charge in [0.25, 0.3) is 0 Å². The second-order valence-corrected chi connectivity index (χ2v) is 6.50. The van der Waals surface area contributed by atoms with Crippen LogP contribution in [0.5, 0.6) is 11.5 Å². The van der Waals surface area contributed by atoms with E-state index in [2.05, 4.69) is 10.6 Å². The summed E-state index contributed by atoms with van der Waals surface area (Å²) in [5.41, 5.74) is 2.02. The lowest BCUT2D eigenvalue weighted by atomic mass is 9.95. The van der Waals surface area contributed by atoms with Gasteiger partial charge in [0.2, 0.25) is 0 Å². The van der Waals surface area contributed by atoms with E-state index in [-0.39, 0.29) is 12.1 Å². The van der Waals surface area contributed by atoms with Crippen molar-refractivity contribution in [3.05, 3.63) is 35.0 Å². The van der Waals surface area contributed by atoms with Crippen molar-refractivity contribution >= 4 is 23.3 Å². The molecule has 1 aliphatic rings. The zero-order valence-corrected chi connectivity index (χ0v) is 16.7. The zero-order valence-electron chi connectivity index (χ0n) is 15.8. The molecule has 0 spiro atoms. The lowest BCUT2D eigenvalue weighted by molar-refractivity contribution is -0.143. The monoisotopic (exact) mass is 378 g/mol. The van der Waals surface area contributed by atoms with E-state index in [1.165, 1.54) is 0 Å². The van der Waals surface area contributed by atoms with E-state index < -0.39 is 6.04 Å². The first-order valence-electron chi connectivity index (χ1n) is 8.76. The number of benzene rings is 1. The molecule has 0 aliphatic carbocycles. The number of hydrogen-bond acceptors (Lipinski definition) is 5. The van der Waals surface area contributed by atoms with Gasteiger partial charge < -0.3 is 24.8 Å². The topological polar surface area (TPSA) is 68.8 Å². The van der Waals surface area contributed by atoms with Gasteiger partial charge >= 0.3 is 5.97 Å². The van der Waals surface area contributed by atoms with Crippen molar-refractivity contribution in [2.45, 2.75) is 46.8 Å². The Bertz CT molecular complexity index is 715. The summed E-state index contributed by atoms with van der Waals surface area (Å²) in [7, 11) is 0. The molecular weight excluding hydrogens is 352 g/mol. The molecule has 1 atom stereocenters. The van der Waals surface area contributed by atoms with Crippen molar-refractivity contribution < 1.29 is 19.0 Å². The van der Waals surface area contributed by atoms with E-state index in [0.717, 1.165) is 5.56 Å². The number of nitrogens with one attached hydrogen (secondary N) is 2. The summed E-state index contributed by atoms with van der Waals surface area (Å²) < 4.78 is 16.7. The highest BCUT2D eigenvalue weighted by molar-refractivity contribution is 7.80. The van der Waals surface area contributed by atoms with Crippen molar-refractivity contribution in [3.8, 4) is 11.5 Å². The SMILES string of the molecule is CCOc1ccc(C2NC(=S)NC(C)=C2C(=O)OC(C)C)cc1OCC. The normalized spacial score (nSPS) is 16.8. The van der Waals surface area contributed by atoms with Gasteiger partial charge in [-0.2, -0.15) is 0 Å². The molecule has 2 rings (SSSR count). The van der Waals surface area contributed by atoms with Crippen LogP contribution >= 0.6 is 12.2 Å². The Kier molecular flexibility index (Phi) is 6.85. The van der Waals surface area contributed by atoms with Gasteiger partial charge in [-0.25, -0.2) is 4.79 Å². The van der Waals surface area contributed by atoms with Gasteiger partial charge in [-0.05, 0) is 64.5 Å². The van der Waals surface area contributed by atoms with Crippen LogP contribution in [0.15, 0.2) is 29.5 Å². The minimum absolute atomic E-state index is 0.211. The van der Waals surface area contributed by atoms with Crippen molar-refractivity contribution in [1.82, 2.24) is 10.6 Å². The molecule has 0 bridgehead atoms. The zero-order chi connectivity index (χ0) is 19.3. The average Bonchev–Trinajstić information content (AvgIpc) is 2.55. The number of thiocarbonyl (C=S) groups is 1. The van der Waals surface area contributed by atoms with Crippen molar-refractivity contribution in [3.63, 3.8) is 0 Å². The van der Waals surface area contributed by atoms with Gasteiger partial charge in [0.1, 0.15) is 0 Å². The van der Waals surface area contributed by atoms with Crippen LogP contribution in [0.2, 0.25) is 0 Å². The lowest BCUT2D eigenvalue weighted by Gasteiger charge is -2.30. The van der Waals surface area contributed by atoms with Gasteiger partial charge in [0, 0.05) is 5.70 Å². The fourth-order valence-electron chi connectivity index (χ4n) is 2.74. The number of carbonyl (C=O) groups is 1. The Hall–Kier alpha value is -2.28. The predicted molar refractivity (Wildman–Crippen MR) is 104 cm³/mol. The Labute approximate surface area is 159 Å². The summed E-state index contributed by atoms with van der Waals surface area (Å²) in [4.78, 5) is 12.6. The first-order chi connectivity index (χ1) is 12.4.